The molecular weight excluding hydrogens is 220 g/mol. The Labute approximate surface area is 100 Å². The molecule has 0 bridgehead atoms. The fourth-order valence-electron chi connectivity index (χ4n) is 1.86. The lowest BCUT2D eigenvalue weighted by atomic mass is 9.83. The van der Waals surface area contributed by atoms with Gasteiger partial charge in [-0.05, 0) is 5.92 Å². The van der Waals surface area contributed by atoms with Crippen molar-refractivity contribution >= 4 is 11.6 Å². The van der Waals surface area contributed by atoms with Crippen molar-refractivity contribution in [2.24, 2.45) is 5.92 Å². The van der Waals surface area contributed by atoms with Gasteiger partial charge in [-0.25, -0.2) is 0 Å². The first-order chi connectivity index (χ1) is 7.90. The number of amides is 1. The molecule has 0 spiro atoms. The van der Waals surface area contributed by atoms with Crippen molar-refractivity contribution in [2.45, 2.75) is 26.0 Å². The molecule has 0 saturated carbocycles. The van der Waals surface area contributed by atoms with Gasteiger partial charge < -0.3 is 15.7 Å². The summed E-state index contributed by atoms with van der Waals surface area (Å²) < 4.78 is 1.50. The molecule has 94 valence electrons. The molecule has 17 heavy (non-hydrogen) atoms. The molecule has 1 aromatic rings. The van der Waals surface area contributed by atoms with Gasteiger partial charge in [0.15, 0.2) is 0 Å². The lowest BCUT2D eigenvalue weighted by Gasteiger charge is -2.49. The van der Waals surface area contributed by atoms with Gasteiger partial charge >= 0.3 is 0 Å². The number of nitrogens with zero attached hydrogens (tertiary/aromatic N) is 3. The fourth-order valence-corrected chi connectivity index (χ4v) is 1.86. The fraction of sp³-hybridized carbons (Fsp3) is 0.636. The van der Waals surface area contributed by atoms with Crippen LogP contribution < -0.4 is 5.73 Å². The van der Waals surface area contributed by atoms with Crippen LogP contribution in [0.25, 0.3) is 0 Å². The summed E-state index contributed by atoms with van der Waals surface area (Å²) in [4.78, 5) is 13.5. The second kappa shape index (κ2) is 4.03. The third kappa shape index (κ3) is 2.26. The van der Waals surface area contributed by atoms with Gasteiger partial charge in [0.2, 0.25) is 5.91 Å². The number of carbonyl (C=O) groups excluding carboxylic acids is 1. The molecule has 1 amide bonds. The minimum absolute atomic E-state index is 0.0431. The third-order valence-corrected chi connectivity index (χ3v) is 3.31. The number of rotatable bonds is 3. The summed E-state index contributed by atoms with van der Waals surface area (Å²) in [5.41, 5.74) is 5.33. The molecule has 1 aliphatic heterocycles. The van der Waals surface area contributed by atoms with Crippen LogP contribution >= 0.6 is 0 Å². The molecule has 2 rings (SSSR count). The highest BCUT2D eigenvalue weighted by molar-refractivity contribution is 5.77. The van der Waals surface area contributed by atoms with Gasteiger partial charge in [0.05, 0.1) is 25.0 Å². The molecule has 1 fully saturated rings. The normalized spacial score (nSPS) is 18.2. The van der Waals surface area contributed by atoms with Gasteiger partial charge in [0.25, 0.3) is 0 Å². The van der Waals surface area contributed by atoms with Crippen molar-refractivity contribution in [1.82, 2.24) is 14.7 Å². The summed E-state index contributed by atoms with van der Waals surface area (Å²) >= 11 is 0. The number of aromatic nitrogens is 2. The second-order valence-electron chi connectivity index (χ2n) is 4.98. The van der Waals surface area contributed by atoms with Crippen LogP contribution in [0.2, 0.25) is 0 Å². The monoisotopic (exact) mass is 238 g/mol. The summed E-state index contributed by atoms with van der Waals surface area (Å²) in [5, 5.41) is 14.0. The van der Waals surface area contributed by atoms with Crippen LogP contribution in [-0.4, -0.2) is 44.4 Å². The molecule has 1 aromatic heterocycles. The number of anilines is 1. The molecule has 0 aromatic carbocycles. The quantitative estimate of drug-likeness (QED) is 0.757. The number of carbonyl (C=O) groups is 1. The topological polar surface area (TPSA) is 84.4 Å². The van der Waals surface area contributed by atoms with E-state index in [1.165, 1.54) is 10.9 Å². The Hall–Kier alpha value is -1.56. The van der Waals surface area contributed by atoms with E-state index in [9.17, 15) is 9.90 Å². The van der Waals surface area contributed by atoms with Gasteiger partial charge in [-0.2, -0.15) is 5.10 Å². The number of likely N-dealkylation sites (tertiary alicyclic amines) is 1. The van der Waals surface area contributed by atoms with Gasteiger partial charge in [0.1, 0.15) is 12.1 Å². The number of nitrogens with two attached hydrogens (primary N) is 1. The number of aliphatic hydroxyl groups is 1. The van der Waals surface area contributed by atoms with Gasteiger partial charge in [-0.1, -0.05) is 13.8 Å². The first-order valence-electron chi connectivity index (χ1n) is 5.69. The smallest absolute Gasteiger partial charge is 0.244 e. The van der Waals surface area contributed by atoms with E-state index in [0.717, 1.165) is 0 Å². The molecule has 6 nitrogen and oxygen atoms in total. The van der Waals surface area contributed by atoms with Crippen LogP contribution in [-0.2, 0) is 11.3 Å². The molecule has 6 heteroatoms. The molecule has 2 heterocycles. The Bertz CT molecular complexity index is 421. The van der Waals surface area contributed by atoms with Crippen molar-refractivity contribution < 1.29 is 9.90 Å². The zero-order valence-corrected chi connectivity index (χ0v) is 10.1. The predicted octanol–water partition coefficient (Wildman–Crippen LogP) is -0.305. The highest BCUT2D eigenvalue weighted by Gasteiger charge is 2.45. The first-order valence-corrected chi connectivity index (χ1v) is 5.69. The van der Waals surface area contributed by atoms with Gasteiger partial charge in [-0.15, -0.1) is 0 Å². The lowest BCUT2D eigenvalue weighted by Crippen LogP contribution is -2.66. The number of nitrogen functional groups attached to an aromatic ring is 1. The Morgan fingerprint density at radius 2 is 2.29 bits per heavy atom. The Kier molecular flexibility index (Phi) is 2.82. The summed E-state index contributed by atoms with van der Waals surface area (Å²) in [6.07, 6.45) is 3.13. The molecule has 0 radical (unpaired) electrons. The van der Waals surface area contributed by atoms with Gasteiger partial charge in [-0.3, -0.25) is 9.48 Å². The van der Waals surface area contributed by atoms with E-state index in [4.69, 9.17) is 5.73 Å². The van der Waals surface area contributed by atoms with Crippen LogP contribution in [0, 0.1) is 5.92 Å². The highest BCUT2D eigenvalue weighted by Crippen LogP contribution is 2.28. The minimum Gasteiger partial charge on any atom is -0.396 e. The molecule has 0 unspecified atom stereocenters. The van der Waals surface area contributed by atoms with E-state index >= 15 is 0 Å². The van der Waals surface area contributed by atoms with E-state index in [0.29, 0.717) is 18.8 Å². The lowest BCUT2D eigenvalue weighted by molar-refractivity contribution is -0.164. The molecule has 0 aliphatic carbocycles. The van der Waals surface area contributed by atoms with Crippen LogP contribution in [0.15, 0.2) is 12.4 Å². The molecule has 1 saturated heterocycles. The maximum Gasteiger partial charge on any atom is 0.244 e. The minimum atomic E-state index is -0.723. The summed E-state index contributed by atoms with van der Waals surface area (Å²) in [6, 6.07) is 0. The highest BCUT2D eigenvalue weighted by atomic mass is 16.3. The molecular formula is C11H18N4O2. The van der Waals surface area contributed by atoms with E-state index < -0.39 is 5.60 Å². The van der Waals surface area contributed by atoms with Crippen LogP contribution in [0.3, 0.4) is 0 Å². The SMILES string of the molecule is CC(C)C1(O)CN(C(=O)Cn2cc(N)cn2)C1. The van der Waals surface area contributed by atoms with Crippen molar-refractivity contribution in [3.8, 4) is 0 Å². The van der Waals surface area contributed by atoms with Crippen LogP contribution in [0.1, 0.15) is 13.8 Å². The number of β-amino-alcohol motifs (C(OH)–C–C–N with tert-alkyl or cyclic N) is 1. The van der Waals surface area contributed by atoms with E-state index in [1.807, 2.05) is 13.8 Å². The van der Waals surface area contributed by atoms with Crippen molar-refractivity contribution in [1.29, 1.82) is 0 Å². The molecule has 0 atom stereocenters. The van der Waals surface area contributed by atoms with E-state index in [2.05, 4.69) is 5.10 Å². The second-order valence-corrected chi connectivity index (χ2v) is 4.98. The standard InChI is InChI=1S/C11H18N4O2/c1-8(2)11(17)6-14(7-11)10(16)5-15-4-9(12)3-13-15/h3-4,8,17H,5-7,12H2,1-2H3. The third-order valence-electron chi connectivity index (χ3n) is 3.31. The largest absolute Gasteiger partial charge is 0.396 e. The van der Waals surface area contributed by atoms with Gasteiger partial charge in [0, 0.05) is 6.20 Å². The Balaban J connectivity index is 1.88. The Morgan fingerprint density at radius 1 is 1.65 bits per heavy atom. The maximum absolute atomic E-state index is 11.8. The van der Waals surface area contributed by atoms with E-state index in [-0.39, 0.29) is 18.4 Å². The number of hydrogen-bond acceptors (Lipinski definition) is 4. The molecule has 1 aliphatic rings. The zero-order valence-electron chi connectivity index (χ0n) is 10.1. The summed E-state index contributed by atoms with van der Waals surface area (Å²) in [6.45, 7) is 4.89. The van der Waals surface area contributed by atoms with Crippen molar-refractivity contribution in [3.05, 3.63) is 12.4 Å². The predicted molar refractivity (Wildman–Crippen MR) is 63.0 cm³/mol. The van der Waals surface area contributed by atoms with Crippen molar-refractivity contribution in [2.75, 3.05) is 18.8 Å². The number of hydrogen-bond donors (Lipinski definition) is 2. The Morgan fingerprint density at radius 3 is 2.76 bits per heavy atom. The van der Waals surface area contributed by atoms with Crippen molar-refractivity contribution in [3.63, 3.8) is 0 Å². The summed E-state index contributed by atoms with van der Waals surface area (Å²) in [5.74, 6) is 0.116. The molecule has 3 N–H and O–H groups in total. The van der Waals surface area contributed by atoms with Crippen LogP contribution in [0.4, 0.5) is 5.69 Å². The average molecular weight is 238 g/mol. The average Bonchev–Trinajstić information content (AvgIpc) is 2.58. The first kappa shape index (κ1) is 11.9. The zero-order chi connectivity index (χ0) is 12.6. The van der Waals surface area contributed by atoms with Crippen LogP contribution in [0.5, 0.6) is 0 Å². The van der Waals surface area contributed by atoms with E-state index in [1.54, 1.807) is 11.1 Å². The maximum atomic E-state index is 11.8. The summed E-state index contributed by atoms with van der Waals surface area (Å²) in [7, 11) is 0.